The molecule has 0 radical (unpaired) electrons. The van der Waals surface area contributed by atoms with E-state index in [0.29, 0.717) is 5.02 Å². The molecule has 0 aliphatic heterocycles. The summed E-state index contributed by atoms with van der Waals surface area (Å²) in [5.74, 6) is 0.791. The molecule has 0 spiro atoms. The average Bonchev–Trinajstić information content (AvgIpc) is 2.31. The van der Waals surface area contributed by atoms with E-state index in [1.54, 1.807) is 7.11 Å². The Kier molecular flexibility index (Phi) is 3.02. The van der Waals surface area contributed by atoms with Crippen LogP contribution in [0.15, 0.2) is 42.5 Å². The van der Waals surface area contributed by atoms with Crippen LogP contribution in [0.5, 0.6) is 5.75 Å². The molecule has 0 unspecified atom stereocenters. The molecule has 2 aromatic rings. The zero-order valence-electron chi connectivity index (χ0n) is 8.91. The minimum Gasteiger partial charge on any atom is -0.497 e. The van der Waals surface area contributed by atoms with Crippen LogP contribution in [0.4, 0.5) is 5.69 Å². The van der Waals surface area contributed by atoms with Gasteiger partial charge in [0, 0.05) is 16.3 Å². The van der Waals surface area contributed by atoms with Crippen LogP contribution < -0.4 is 10.5 Å². The van der Waals surface area contributed by atoms with Crippen molar-refractivity contribution in [3.8, 4) is 16.9 Å². The predicted molar refractivity (Wildman–Crippen MR) is 67.9 cm³/mol. The quantitative estimate of drug-likeness (QED) is 0.805. The second-order valence-electron chi connectivity index (χ2n) is 3.46. The highest BCUT2D eigenvalue weighted by Crippen LogP contribution is 2.30. The number of rotatable bonds is 2. The van der Waals surface area contributed by atoms with Crippen LogP contribution in [0.25, 0.3) is 11.1 Å². The maximum atomic E-state index is 5.93. The zero-order chi connectivity index (χ0) is 11.5. The number of hydrogen-bond donors (Lipinski definition) is 1. The van der Waals surface area contributed by atoms with Gasteiger partial charge in [0.25, 0.3) is 0 Å². The van der Waals surface area contributed by atoms with Gasteiger partial charge in [-0.25, -0.2) is 0 Å². The third-order valence-electron chi connectivity index (χ3n) is 2.42. The van der Waals surface area contributed by atoms with Crippen LogP contribution in [-0.2, 0) is 0 Å². The van der Waals surface area contributed by atoms with E-state index in [1.165, 1.54) is 0 Å². The minimum absolute atomic E-state index is 0.713. The lowest BCUT2D eigenvalue weighted by Gasteiger charge is -2.08. The Bertz CT molecular complexity index is 494. The zero-order valence-corrected chi connectivity index (χ0v) is 9.66. The summed E-state index contributed by atoms with van der Waals surface area (Å²) in [4.78, 5) is 0. The standard InChI is InChI=1S/C13H12ClNO/c1-16-11-6-7-13(15)12(8-11)9-2-4-10(14)5-3-9/h2-8H,15H2,1H3. The van der Waals surface area contributed by atoms with Crippen LogP contribution in [0.1, 0.15) is 0 Å². The van der Waals surface area contributed by atoms with E-state index in [4.69, 9.17) is 22.1 Å². The predicted octanol–water partition coefficient (Wildman–Crippen LogP) is 3.60. The van der Waals surface area contributed by atoms with E-state index in [1.807, 2.05) is 42.5 Å². The summed E-state index contributed by atoms with van der Waals surface area (Å²) >= 11 is 5.84. The smallest absolute Gasteiger partial charge is 0.119 e. The average molecular weight is 234 g/mol. The van der Waals surface area contributed by atoms with E-state index in [9.17, 15) is 0 Å². The summed E-state index contributed by atoms with van der Waals surface area (Å²) in [5, 5.41) is 0.713. The van der Waals surface area contributed by atoms with Crippen molar-refractivity contribution in [3.63, 3.8) is 0 Å². The van der Waals surface area contributed by atoms with Gasteiger partial charge >= 0.3 is 0 Å². The van der Waals surface area contributed by atoms with Crippen molar-refractivity contribution in [2.75, 3.05) is 12.8 Å². The van der Waals surface area contributed by atoms with Gasteiger partial charge in [-0.1, -0.05) is 23.7 Å². The van der Waals surface area contributed by atoms with Gasteiger partial charge in [-0.3, -0.25) is 0 Å². The second kappa shape index (κ2) is 4.45. The molecule has 16 heavy (non-hydrogen) atoms. The molecule has 0 bridgehead atoms. The third kappa shape index (κ3) is 2.12. The molecule has 0 amide bonds. The molecule has 0 atom stereocenters. The van der Waals surface area contributed by atoms with E-state index in [-0.39, 0.29) is 0 Å². The lowest BCUT2D eigenvalue weighted by Crippen LogP contribution is -1.91. The molecule has 0 saturated carbocycles. The first-order valence-corrected chi connectivity index (χ1v) is 5.28. The molecule has 2 nitrogen and oxygen atoms in total. The summed E-state index contributed by atoms with van der Waals surface area (Å²) in [6, 6.07) is 13.2. The van der Waals surface area contributed by atoms with E-state index < -0.39 is 0 Å². The fourth-order valence-electron chi connectivity index (χ4n) is 1.54. The molecular weight excluding hydrogens is 222 g/mol. The Hall–Kier alpha value is -1.67. The molecular formula is C13H12ClNO. The lowest BCUT2D eigenvalue weighted by atomic mass is 10.0. The van der Waals surface area contributed by atoms with Crippen molar-refractivity contribution in [1.29, 1.82) is 0 Å². The number of hydrogen-bond acceptors (Lipinski definition) is 2. The maximum absolute atomic E-state index is 5.93. The normalized spacial score (nSPS) is 10.1. The van der Waals surface area contributed by atoms with Crippen LogP contribution in [0.3, 0.4) is 0 Å². The summed E-state index contributed by atoms with van der Waals surface area (Å²) < 4.78 is 5.17. The maximum Gasteiger partial charge on any atom is 0.119 e. The third-order valence-corrected chi connectivity index (χ3v) is 2.67. The van der Waals surface area contributed by atoms with Crippen molar-refractivity contribution in [1.82, 2.24) is 0 Å². The number of methoxy groups -OCH3 is 1. The number of nitrogen functional groups attached to an aromatic ring is 1. The van der Waals surface area contributed by atoms with Crippen LogP contribution in [-0.4, -0.2) is 7.11 Å². The molecule has 0 aromatic heterocycles. The van der Waals surface area contributed by atoms with Gasteiger partial charge in [-0.05, 0) is 35.9 Å². The second-order valence-corrected chi connectivity index (χ2v) is 3.90. The molecule has 82 valence electrons. The summed E-state index contributed by atoms with van der Waals surface area (Å²) in [5.41, 5.74) is 8.63. The van der Waals surface area contributed by atoms with Gasteiger partial charge in [0.1, 0.15) is 5.75 Å². The minimum atomic E-state index is 0.713. The number of anilines is 1. The molecule has 2 N–H and O–H groups in total. The van der Waals surface area contributed by atoms with E-state index in [0.717, 1.165) is 22.6 Å². The van der Waals surface area contributed by atoms with Gasteiger partial charge < -0.3 is 10.5 Å². The van der Waals surface area contributed by atoms with Crippen molar-refractivity contribution >= 4 is 17.3 Å². The SMILES string of the molecule is COc1ccc(N)c(-c2ccc(Cl)cc2)c1. The Labute approximate surface area is 99.6 Å². The molecule has 0 heterocycles. The summed E-state index contributed by atoms with van der Waals surface area (Å²) in [6.45, 7) is 0. The largest absolute Gasteiger partial charge is 0.497 e. The van der Waals surface area contributed by atoms with Gasteiger partial charge in [0.15, 0.2) is 0 Å². The number of ether oxygens (including phenoxy) is 1. The lowest BCUT2D eigenvalue weighted by molar-refractivity contribution is 0.415. The molecule has 0 fully saturated rings. The van der Waals surface area contributed by atoms with Crippen molar-refractivity contribution < 1.29 is 4.74 Å². The number of benzene rings is 2. The summed E-state index contributed by atoms with van der Waals surface area (Å²) in [6.07, 6.45) is 0. The Morgan fingerprint density at radius 2 is 1.75 bits per heavy atom. The van der Waals surface area contributed by atoms with Crippen molar-refractivity contribution in [2.24, 2.45) is 0 Å². The van der Waals surface area contributed by atoms with Crippen molar-refractivity contribution in [3.05, 3.63) is 47.5 Å². The molecule has 0 saturated heterocycles. The highest BCUT2D eigenvalue weighted by atomic mass is 35.5. The van der Waals surface area contributed by atoms with Crippen LogP contribution in [0, 0.1) is 0 Å². The van der Waals surface area contributed by atoms with Gasteiger partial charge in [0.2, 0.25) is 0 Å². The molecule has 2 aromatic carbocycles. The molecule has 2 rings (SSSR count). The Morgan fingerprint density at radius 3 is 2.38 bits per heavy atom. The first-order chi connectivity index (χ1) is 7.70. The number of halogens is 1. The molecule has 3 heteroatoms. The molecule has 0 aliphatic carbocycles. The first kappa shape index (κ1) is 10.8. The van der Waals surface area contributed by atoms with E-state index in [2.05, 4.69) is 0 Å². The number of nitrogens with two attached hydrogens (primary N) is 1. The summed E-state index contributed by atoms with van der Waals surface area (Å²) in [7, 11) is 1.64. The van der Waals surface area contributed by atoms with Gasteiger partial charge in [-0.2, -0.15) is 0 Å². The Balaban J connectivity index is 2.50. The Morgan fingerprint density at radius 1 is 1.06 bits per heavy atom. The van der Waals surface area contributed by atoms with Crippen molar-refractivity contribution in [2.45, 2.75) is 0 Å². The topological polar surface area (TPSA) is 35.2 Å². The van der Waals surface area contributed by atoms with Gasteiger partial charge in [-0.15, -0.1) is 0 Å². The first-order valence-electron chi connectivity index (χ1n) is 4.90. The monoisotopic (exact) mass is 233 g/mol. The fraction of sp³-hybridized carbons (Fsp3) is 0.0769. The highest BCUT2D eigenvalue weighted by Gasteiger charge is 2.04. The van der Waals surface area contributed by atoms with Gasteiger partial charge in [0.05, 0.1) is 7.11 Å². The fourth-order valence-corrected chi connectivity index (χ4v) is 1.67. The van der Waals surface area contributed by atoms with Crippen LogP contribution in [0.2, 0.25) is 5.02 Å². The van der Waals surface area contributed by atoms with E-state index >= 15 is 0 Å². The highest BCUT2D eigenvalue weighted by molar-refractivity contribution is 6.30. The molecule has 0 aliphatic rings. The van der Waals surface area contributed by atoms with Crippen LogP contribution >= 0.6 is 11.6 Å².